The van der Waals surface area contributed by atoms with Gasteiger partial charge in [0, 0.05) is 45.1 Å². The summed E-state index contributed by atoms with van der Waals surface area (Å²) in [6, 6.07) is 7.38. The second-order valence-electron chi connectivity index (χ2n) is 5.49. The van der Waals surface area contributed by atoms with Crippen LogP contribution in [0, 0.1) is 0 Å². The number of anilines is 1. The molecule has 1 fully saturated rings. The van der Waals surface area contributed by atoms with Crippen LogP contribution in [0.25, 0.3) is 0 Å². The average Bonchev–Trinajstić information content (AvgIpc) is 3.10. The van der Waals surface area contributed by atoms with E-state index in [4.69, 9.17) is 4.74 Å². The maximum atomic E-state index is 12.7. The lowest BCUT2D eigenvalue weighted by Gasteiger charge is -2.35. The van der Waals surface area contributed by atoms with Crippen molar-refractivity contribution in [2.45, 2.75) is 13.5 Å². The van der Waals surface area contributed by atoms with Crippen LogP contribution in [0.2, 0.25) is 0 Å². The van der Waals surface area contributed by atoms with Gasteiger partial charge in [-0.1, -0.05) is 12.1 Å². The summed E-state index contributed by atoms with van der Waals surface area (Å²) in [4.78, 5) is 21.2. The van der Waals surface area contributed by atoms with E-state index in [2.05, 4.69) is 21.4 Å². The molecule has 7 heteroatoms. The topological polar surface area (TPSA) is 50.6 Å². The second-order valence-corrected chi connectivity index (χ2v) is 5.49. The van der Waals surface area contributed by atoms with Gasteiger partial charge in [-0.15, -0.1) is 12.4 Å². The lowest BCUT2D eigenvalue weighted by atomic mass is 10.1. The number of methoxy groups -OCH3 is 1. The number of hydrogen-bond donors (Lipinski definition) is 0. The van der Waals surface area contributed by atoms with Crippen molar-refractivity contribution in [3.63, 3.8) is 0 Å². The van der Waals surface area contributed by atoms with Gasteiger partial charge in [-0.2, -0.15) is 0 Å². The zero-order valence-electron chi connectivity index (χ0n) is 14.0. The Bertz CT molecular complexity index is 681. The van der Waals surface area contributed by atoms with Crippen molar-refractivity contribution in [2.75, 3.05) is 38.2 Å². The highest BCUT2D eigenvalue weighted by Crippen LogP contribution is 2.21. The van der Waals surface area contributed by atoms with E-state index in [9.17, 15) is 4.79 Å². The summed E-state index contributed by atoms with van der Waals surface area (Å²) < 4.78 is 7.42. The highest BCUT2D eigenvalue weighted by Gasteiger charge is 2.25. The maximum absolute atomic E-state index is 12.7. The first-order chi connectivity index (χ1) is 11.2. The van der Waals surface area contributed by atoms with Gasteiger partial charge >= 0.3 is 0 Å². The third-order valence-corrected chi connectivity index (χ3v) is 4.22. The van der Waals surface area contributed by atoms with Gasteiger partial charge in [0.15, 0.2) is 0 Å². The van der Waals surface area contributed by atoms with Crippen LogP contribution >= 0.6 is 12.4 Å². The molecule has 2 heterocycles. The zero-order valence-corrected chi connectivity index (χ0v) is 14.8. The van der Waals surface area contributed by atoms with Crippen LogP contribution < -0.4 is 9.64 Å². The fourth-order valence-electron chi connectivity index (χ4n) is 2.93. The number of carbonyl (C=O) groups is 1. The normalized spacial score (nSPS) is 14.2. The molecule has 1 aliphatic heterocycles. The van der Waals surface area contributed by atoms with Gasteiger partial charge < -0.3 is 19.1 Å². The molecule has 1 amide bonds. The molecule has 0 spiro atoms. The fourth-order valence-corrected chi connectivity index (χ4v) is 2.93. The van der Waals surface area contributed by atoms with E-state index in [0.717, 1.165) is 25.6 Å². The Morgan fingerprint density at radius 2 is 1.92 bits per heavy atom. The Labute approximate surface area is 148 Å². The first-order valence-corrected chi connectivity index (χ1v) is 7.93. The molecule has 2 aromatic rings. The third-order valence-electron chi connectivity index (χ3n) is 4.22. The van der Waals surface area contributed by atoms with Crippen LogP contribution in [-0.4, -0.2) is 53.6 Å². The molecule has 0 aliphatic carbocycles. The minimum Gasteiger partial charge on any atom is -0.496 e. The van der Waals surface area contributed by atoms with Crippen molar-refractivity contribution in [1.29, 1.82) is 0 Å². The van der Waals surface area contributed by atoms with E-state index in [0.29, 0.717) is 24.4 Å². The monoisotopic (exact) mass is 350 g/mol. The quantitative estimate of drug-likeness (QED) is 0.849. The molecular weight excluding hydrogens is 328 g/mol. The van der Waals surface area contributed by atoms with E-state index in [1.807, 2.05) is 41.6 Å². The Hall–Kier alpha value is -2.21. The van der Waals surface area contributed by atoms with Crippen molar-refractivity contribution in [2.24, 2.45) is 0 Å². The van der Waals surface area contributed by atoms with Crippen LogP contribution in [-0.2, 0) is 6.54 Å². The van der Waals surface area contributed by atoms with Gasteiger partial charge in [0.1, 0.15) is 5.75 Å². The number of piperazine rings is 1. The lowest BCUT2D eigenvalue weighted by molar-refractivity contribution is 0.0742. The highest BCUT2D eigenvalue weighted by atomic mass is 35.5. The van der Waals surface area contributed by atoms with E-state index < -0.39 is 0 Å². The summed E-state index contributed by atoms with van der Waals surface area (Å²) in [6.07, 6.45) is 3.81. The number of imidazole rings is 1. The van der Waals surface area contributed by atoms with E-state index in [1.54, 1.807) is 7.11 Å². The van der Waals surface area contributed by atoms with Gasteiger partial charge in [-0.05, 0) is 19.1 Å². The molecule has 0 saturated carbocycles. The number of ether oxygens (including phenoxy) is 1. The first kappa shape index (κ1) is 18.1. The Morgan fingerprint density at radius 3 is 2.58 bits per heavy atom. The number of para-hydroxylation sites is 1. The highest BCUT2D eigenvalue weighted by molar-refractivity contribution is 5.97. The SMILES string of the molecule is CCn1ccnc1N1CCN(C(=O)c2ccccc2OC)CC1.Cl. The fraction of sp³-hybridized carbons (Fsp3) is 0.412. The number of amides is 1. The molecule has 130 valence electrons. The first-order valence-electron chi connectivity index (χ1n) is 7.93. The minimum absolute atomic E-state index is 0. The van der Waals surface area contributed by atoms with Crippen molar-refractivity contribution in [3.05, 3.63) is 42.2 Å². The van der Waals surface area contributed by atoms with Crippen molar-refractivity contribution < 1.29 is 9.53 Å². The summed E-state index contributed by atoms with van der Waals surface area (Å²) in [5.41, 5.74) is 0.624. The Balaban J connectivity index is 0.00000208. The molecule has 0 N–H and O–H groups in total. The number of hydrogen-bond acceptors (Lipinski definition) is 4. The molecule has 1 aromatic carbocycles. The molecule has 0 bridgehead atoms. The Morgan fingerprint density at radius 1 is 1.21 bits per heavy atom. The number of aryl methyl sites for hydroxylation is 1. The number of nitrogens with zero attached hydrogens (tertiary/aromatic N) is 4. The molecule has 0 atom stereocenters. The summed E-state index contributed by atoms with van der Waals surface area (Å²) >= 11 is 0. The largest absolute Gasteiger partial charge is 0.496 e. The van der Waals surface area contributed by atoms with Gasteiger partial charge in [-0.25, -0.2) is 4.98 Å². The summed E-state index contributed by atoms with van der Waals surface area (Å²) in [5.74, 6) is 1.64. The minimum atomic E-state index is 0. The van der Waals surface area contributed by atoms with Gasteiger partial charge in [0.05, 0.1) is 12.7 Å². The van der Waals surface area contributed by atoms with Crippen molar-refractivity contribution in [1.82, 2.24) is 14.5 Å². The van der Waals surface area contributed by atoms with Crippen molar-refractivity contribution in [3.8, 4) is 5.75 Å². The van der Waals surface area contributed by atoms with Crippen LogP contribution in [0.3, 0.4) is 0 Å². The third kappa shape index (κ3) is 3.48. The number of aromatic nitrogens is 2. The van der Waals surface area contributed by atoms with Crippen LogP contribution in [0.1, 0.15) is 17.3 Å². The number of benzene rings is 1. The maximum Gasteiger partial charge on any atom is 0.257 e. The van der Waals surface area contributed by atoms with Crippen LogP contribution in [0.4, 0.5) is 5.95 Å². The molecule has 6 nitrogen and oxygen atoms in total. The van der Waals surface area contributed by atoms with E-state index in [1.165, 1.54) is 0 Å². The molecule has 1 saturated heterocycles. The van der Waals surface area contributed by atoms with Crippen LogP contribution in [0.15, 0.2) is 36.7 Å². The van der Waals surface area contributed by atoms with Gasteiger partial charge in [0.25, 0.3) is 5.91 Å². The summed E-state index contributed by atoms with van der Waals surface area (Å²) in [6.45, 7) is 5.96. The standard InChI is InChI=1S/C17H22N4O2.ClH/c1-3-19-9-8-18-17(19)21-12-10-20(11-13-21)16(22)14-6-4-5-7-15(14)23-2;/h4-9H,3,10-13H2,1-2H3;1H. The Kier molecular flexibility index (Phi) is 6.09. The molecule has 24 heavy (non-hydrogen) atoms. The van der Waals surface area contributed by atoms with Crippen molar-refractivity contribution >= 4 is 24.3 Å². The van der Waals surface area contributed by atoms with E-state index >= 15 is 0 Å². The molecule has 0 radical (unpaired) electrons. The summed E-state index contributed by atoms with van der Waals surface area (Å²) in [7, 11) is 1.59. The average molecular weight is 351 g/mol. The molecular formula is C17H23ClN4O2. The van der Waals surface area contributed by atoms with E-state index in [-0.39, 0.29) is 18.3 Å². The zero-order chi connectivity index (χ0) is 16.2. The smallest absolute Gasteiger partial charge is 0.257 e. The molecule has 1 aliphatic rings. The lowest BCUT2D eigenvalue weighted by Crippen LogP contribution is -2.49. The molecule has 1 aromatic heterocycles. The number of halogens is 1. The number of carbonyl (C=O) groups excluding carboxylic acids is 1. The predicted molar refractivity (Wildman–Crippen MR) is 96.3 cm³/mol. The van der Waals surface area contributed by atoms with Gasteiger partial charge in [-0.3, -0.25) is 4.79 Å². The number of rotatable bonds is 4. The molecule has 0 unspecified atom stereocenters. The summed E-state index contributed by atoms with van der Waals surface area (Å²) in [5, 5.41) is 0. The molecule has 3 rings (SSSR count). The van der Waals surface area contributed by atoms with Crippen LogP contribution in [0.5, 0.6) is 5.75 Å². The second kappa shape index (κ2) is 8.06. The van der Waals surface area contributed by atoms with Gasteiger partial charge in [0.2, 0.25) is 5.95 Å². The predicted octanol–water partition coefficient (Wildman–Crippen LogP) is 2.30.